The minimum atomic E-state index is 0.736. The molecule has 0 atom stereocenters. The van der Waals surface area contributed by atoms with E-state index in [-0.39, 0.29) is 0 Å². The van der Waals surface area contributed by atoms with Crippen molar-refractivity contribution < 1.29 is 0 Å². The number of hydrogen-bond acceptors (Lipinski definition) is 2. The standard InChI is InChI=1S/C18H28N2/c1-2-4-14-7-9-17(10-8-14)20-13-16-6-3-5-15-11-12-19-18(15)16/h3,5-6,14,17,19-20H,2,4,7-13H2,1H3. The highest BCUT2D eigenvalue weighted by atomic mass is 14.9. The van der Waals surface area contributed by atoms with Crippen molar-refractivity contribution in [3.8, 4) is 0 Å². The minimum Gasteiger partial charge on any atom is -0.384 e. The zero-order chi connectivity index (χ0) is 13.8. The molecule has 2 aliphatic rings. The van der Waals surface area contributed by atoms with Gasteiger partial charge in [0.05, 0.1) is 0 Å². The summed E-state index contributed by atoms with van der Waals surface area (Å²) in [6.45, 7) is 4.45. The maximum atomic E-state index is 3.79. The number of para-hydroxylation sites is 1. The molecule has 0 bridgehead atoms. The van der Waals surface area contributed by atoms with Crippen LogP contribution in [0.25, 0.3) is 0 Å². The Balaban J connectivity index is 1.50. The summed E-state index contributed by atoms with van der Waals surface area (Å²) in [5.74, 6) is 1.00. The molecule has 3 rings (SSSR count). The number of rotatable bonds is 5. The maximum Gasteiger partial charge on any atom is 0.0419 e. The van der Waals surface area contributed by atoms with E-state index in [0.717, 1.165) is 25.0 Å². The Morgan fingerprint density at radius 3 is 2.85 bits per heavy atom. The molecule has 2 N–H and O–H groups in total. The van der Waals surface area contributed by atoms with Crippen molar-refractivity contribution in [3.05, 3.63) is 29.3 Å². The molecule has 1 saturated carbocycles. The van der Waals surface area contributed by atoms with Gasteiger partial charge in [0.1, 0.15) is 0 Å². The summed E-state index contributed by atoms with van der Waals surface area (Å²) in [6.07, 6.45) is 9.56. The molecule has 1 heterocycles. The van der Waals surface area contributed by atoms with Crippen LogP contribution < -0.4 is 10.6 Å². The Morgan fingerprint density at radius 2 is 2.05 bits per heavy atom. The molecule has 1 aliphatic carbocycles. The second-order valence-electron chi connectivity index (χ2n) is 6.52. The van der Waals surface area contributed by atoms with E-state index < -0.39 is 0 Å². The number of benzene rings is 1. The molecule has 1 aromatic carbocycles. The molecular formula is C18H28N2. The topological polar surface area (TPSA) is 24.1 Å². The van der Waals surface area contributed by atoms with Crippen molar-refractivity contribution in [1.29, 1.82) is 0 Å². The number of hydrogen-bond donors (Lipinski definition) is 2. The second-order valence-corrected chi connectivity index (χ2v) is 6.52. The Bertz CT molecular complexity index is 433. The van der Waals surface area contributed by atoms with Gasteiger partial charge in [-0.05, 0) is 49.1 Å². The normalized spacial score (nSPS) is 25.2. The van der Waals surface area contributed by atoms with Crippen molar-refractivity contribution in [2.45, 2.75) is 64.5 Å². The third-order valence-electron chi connectivity index (χ3n) is 5.06. The molecule has 1 aromatic rings. The van der Waals surface area contributed by atoms with E-state index in [1.54, 1.807) is 0 Å². The van der Waals surface area contributed by atoms with Crippen LogP contribution in [0.5, 0.6) is 0 Å². The highest BCUT2D eigenvalue weighted by Gasteiger charge is 2.21. The van der Waals surface area contributed by atoms with Gasteiger partial charge in [0.15, 0.2) is 0 Å². The smallest absolute Gasteiger partial charge is 0.0419 e. The minimum absolute atomic E-state index is 0.736. The second kappa shape index (κ2) is 6.62. The monoisotopic (exact) mass is 272 g/mol. The van der Waals surface area contributed by atoms with Gasteiger partial charge in [-0.2, -0.15) is 0 Å². The van der Waals surface area contributed by atoms with Crippen molar-refractivity contribution >= 4 is 5.69 Å². The fourth-order valence-corrected chi connectivity index (χ4v) is 3.88. The number of anilines is 1. The van der Waals surface area contributed by atoms with Crippen LogP contribution in [0, 0.1) is 5.92 Å². The molecule has 0 amide bonds. The van der Waals surface area contributed by atoms with Gasteiger partial charge in [0.25, 0.3) is 0 Å². The molecule has 0 unspecified atom stereocenters. The lowest BCUT2D eigenvalue weighted by atomic mass is 9.83. The van der Waals surface area contributed by atoms with Crippen LogP contribution in [-0.4, -0.2) is 12.6 Å². The van der Waals surface area contributed by atoms with Gasteiger partial charge in [-0.3, -0.25) is 0 Å². The van der Waals surface area contributed by atoms with Gasteiger partial charge < -0.3 is 10.6 Å². The van der Waals surface area contributed by atoms with Crippen LogP contribution in [0.15, 0.2) is 18.2 Å². The average Bonchev–Trinajstić information content (AvgIpc) is 2.96. The fourth-order valence-electron chi connectivity index (χ4n) is 3.88. The first kappa shape index (κ1) is 13.9. The highest BCUT2D eigenvalue weighted by Crippen LogP contribution is 2.29. The zero-order valence-electron chi connectivity index (χ0n) is 12.8. The summed E-state index contributed by atoms with van der Waals surface area (Å²) in [6, 6.07) is 7.48. The molecule has 2 heteroatoms. The number of fused-ring (bicyclic) bond motifs is 1. The Hall–Kier alpha value is -1.02. The first-order valence-electron chi connectivity index (χ1n) is 8.45. The van der Waals surface area contributed by atoms with Crippen LogP contribution in [0.2, 0.25) is 0 Å². The molecule has 0 aromatic heterocycles. The van der Waals surface area contributed by atoms with Gasteiger partial charge in [0, 0.05) is 24.8 Å². The van der Waals surface area contributed by atoms with Crippen LogP contribution in [0.4, 0.5) is 5.69 Å². The summed E-state index contributed by atoms with van der Waals surface area (Å²) < 4.78 is 0. The van der Waals surface area contributed by atoms with Crippen LogP contribution in [-0.2, 0) is 13.0 Å². The van der Waals surface area contributed by atoms with Gasteiger partial charge in [-0.1, -0.05) is 38.0 Å². The van der Waals surface area contributed by atoms with Gasteiger partial charge >= 0.3 is 0 Å². The van der Waals surface area contributed by atoms with Crippen molar-refractivity contribution in [2.75, 3.05) is 11.9 Å². The van der Waals surface area contributed by atoms with E-state index in [1.807, 2.05) is 0 Å². The molecule has 2 nitrogen and oxygen atoms in total. The van der Waals surface area contributed by atoms with Crippen LogP contribution in [0.3, 0.4) is 0 Å². The molecule has 0 radical (unpaired) electrons. The predicted octanol–water partition coefficient (Wildman–Crippen LogP) is 4.10. The summed E-state index contributed by atoms with van der Waals surface area (Å²) >= 11 is 0. The molecule has 1 aliphatic heterocycles. The summed E-state index contributed by atoms with van der Waals surface area (Å²) in [4.78, 5) is 0. The summed E-state index contributed by atoms with van der Waals surface area (Å²) in [5, 5.41) is 7.33. The van der Waals surface area contributed by atoms with Gasteiger partial charge in [0.2, 0.25) is 0 Å². The highest BCUT2D eigenvalue weighted by molar-refractivity contribution is 5.61. The average molecular weight is 272 g/mol. The van der Waals surface area contributed by atoms with Crippen molar-refractivity contribution in [3.63, 3.8) is 0 Å². The quantitative estimate of drug-likeness (QED) is 0.843. The van der Waals surface area contributed by atoms with E-state index >= 15 is 0 Å². The van der Waals surface area contributed by atoms with Crippen LogP contribution in [0.1, 0.15) is 56.6 Å². The third-order valence-corrected chi connectivity index (χ3v) is 5.06. The molecular weight excluding hydrogens is 244 g/mol. The lowest BCUT2D eigenvalue weighted by Crippen LogP contribution is -2.32. The van der Waals surface area contributed by atoms with Gasteiger partial charge in [-0.25, -0.2) is 0 Å². The van der Waals surface area contributed by atoms with E-state index in [4.69, 9.17) is 0 Å². The lowest BCUT2D eigenvalue weighted by Gasteiger charge is -2.29. The SMILES string of the molecule is CCCC1CCC(NCc2cccc3c2NCC3)CC1. The Labute approximate surface area is 123 Å². The molecule has 0 spiro atoms. The summed E-state index contributed by atoms with van der Waals surface area (Å²) in [7, 11) is 0. The third kappa shape index (κ3) is 3.17. The number of nitrogens with one attached hydrogen (secondary N) is 2. The maximum absolute atomic E-state index is 3.79. The first-order chi connectivity index (χ1) is 9.86. The van der Waals surface area contributed by atoms with Crippen molar-refractivity contribution in [1.82, 2.24) is 5.32 Å². The molecule has 110 valence electrons. The zero-order valence-corrected chi connectivity index (χ0v) is 12.8. The Kier molecular flexibility index (Phi) is 4.62. The predicted molar refractivity (Wildman–Crippen MR) is 86.1 cm³/mol. The lowest BCUT2D eigenvalue weighted by molar-refractivity contribution is 0.277. The summed E-state index contributed by atoms with van der Waals surface area (Å²) in [5.41, 5.74) is 4.35. The molecule has 0 saturated heterocycles. The van der Waals surface area contributed by atoms with Crippen molar-refractivity contribution in [2.24, 2.45) is 5.92 Å². The van der Waals surface area contributed by atoms with E-state index in [2.05, 4.69) is 35.8 Å². The largest absolute Gasteiger partial charge is 0.384 e. The van der Waals surface area contributed by atoms with Gasteiger partial charge in [-0.15, -0.1) is 0 Å². The molecule has 1 fully saturated rings. The van der Waals surface area contributed by atoms with Crippen LogP contribution >= 0.6 is 0 Å². The fraction of sp³-hybridized carbons (Fsp3) is 0.667. The van der Waals surface area contributed by atoms with E-state index in [1.165, 1.54) is 61.8 Å². The Morgan fingerprint density at radius 1 is 1.20 bits per heavy atom. The first-order valence-corrected chi connectivity index (χ1v) is 8.45. The molecule has 20 heavy (non-hydrogen) atoms. The van der Waals surface area contributed by atoms with E-state index in [9.17, 15) is 0 Å². The van der Waals surface area contributed by atoms with E-state index in [0.29, 0.717) is 0 Å².